The molecule has 37 heavy (non-hydrogen) atoms. The summed E-state index contributed by atoms with van der Waals surface area (Å²) in [6.45, 7) is 2.32. The molecule has 0 unspecified atom stereocenters. The first kappa shape index (κ1) is 31.1. The summed E-state index contributed by atoms with van der Waals surface area (Å²) in [5, 5.41) is 25.5. The van der Waals surface area contributed by atoms with Gasteiger partial charge in [0, 0.05) is 31.4 Å². The third-order valence-electron chi connectivity index (χ3n) is 5.52. The summed E-state index contributed by atoms with van der Waals surface area (Å²) >= 11 is 0. The lowest BCUT2D eigenvalue weighted by Crippen LogP contribution is -2.44. The van der Waals surface area contributed by atoms with Gasteiger partial charge in [-0.1, -0.05) is 17.7 Å². The van der Waals surface area contributed by atoms with E-state index in [0.29, 0.717) is 24.9 Å². The van der Waals surface area contributed by atoms with E-state index in [-0.39, 0.29) is 50.9 Å². The standard InChI is InChI=1S/C25H36N4O8/c1-16-11-13-17(14-12-16)24(35)27-15-3-2-6-18(23(26)34)28-20(30)8-4-7-19(25(36)37)29-21(31)9-5-10-22(32)33/h11-14,18-19H,2-10,15H2,1H3,(H2,26,34)(H,27,35)(H,28,30)(H,29,31)(H,32,33)(H,36,37)/t18-,19-/m0/s1. The lowest BCUT2D eigenvalue weighted by molar-refractivity contribution is -0.142. The Balaban J connectivity index is 2.34. The van der Waals surface area contributed by atoms with Crippen molar-refractivity contribution in [3.05, 3.63) is 35.4 Å². The molecule has 0 radical (unpaired) electrons. The van der Waals surface area contributed by atoms with Crippen LogP contribution in [0.1, 0.15) is 73.7 Å². The molecule has 1 aromatic carbocycles. The van der Waals surface area contributed by atoms with E-state index in [1.54, 1.807) is 12.1 Å². The number of nitrogens with two attached hydrogens (primary N) is 1. The fourth-order valence-electron chi connectivity index (χ4n) is 3.43. The van der Waals surface area contributed by atoms with E-state index in [9.17, 15) is 33.9 Å². The van der Waals surface area contributed by atoms with Crippen molar-refractivity contribution < 1.29 is 39.0 Å². The molecule has 2 atom stereocenters. The molecule has 0 spiro atoms. The lowest BCUT2D eigenvalue weighted by Gasteiger charge is -2.17. The minimum atomic E-state index is -1.27. The number of hydrogen-bond donors (Lipinski definition) is 6. The van der Waals surface area contributed by atoms with Crippen LogP contribution in [0.5, 0.6) is 0 Å². The summed E-state index contributed by atoms with van der Waals surface area (Å²) in [6, 6.07) is 5.05. The van der Waals surface area contributed by atoms with Crippen LogP contribution in [0.4, 0.5) is 0 Å². The smallest absolute Gasteiger partial charge is 0.326 e. The van der Waals surface area contributed by atoms with Crippen molar-refractivity contribution in [3.8, 4) is 0 Å². The minimum Gasteiger partial charge on any atom is -0.481 e. The van der Waals surface area contributed by atoms with Gasteiger partial charge >= 0.3 is 11.9 Å². The van der Waals surface area contributed by atoms with Gasteiger partial charge < -0.3 is 31.9 Å². The Morgan fingerprint density at radius 1 is 0.784 bits per heavy atom. The van der Waals surface area contributed by atoms with Crippen LogP contribution in [0.3, 0.4) is 0 Å². The van der Waals surface area contributed by atoms with Gasteiger partial charge in [0.15, 0.2) is 0 Å². The number of carboxylic acids is 2. The number of nitrogens with one attached hydrogen (secondary N) is 3. The van der Waals surface area contributed by atoms with Gasteiger partial charge in [-0.3, -0.25) is 24.0 Å². The number of primary amides is 1. The number of hydrogen-bond acceptors (Lipinski definition) is 6. The van der Waals surface area contributed by atoms with Crippen LogP contribution in [-0.4, -0.2) is 64.4 Å². The molecule has 12 heteroatoms. The molecule has 1 aromatic rings. The van der Waals surface area contributed by atoms with E-state index in [2.05, 4.69) is 16.0 Å². The van der Waals surface area contributed by atoms with Gasteiger partial charge in [0.05, 0.1) is 0 Å². The predicted octanol–water partition coefficient (Wildman–Crippen LogP) is 0.860. The number of aliphatic carboxylic acids is 2. The third kappa shape index (κ3) is 13.6. The molecule has 204 valence electrons. The summed E-state index contributed by atoms with van der Waals surface area (Å²) in [4.78, 5) is 69.7. The van der Waals surface area contributed by atoms with E-state index in [0.717, 1.165) is 5.56 Å². The number of carbonyl (C=O) groups excluding carboxylic acids is 4. The molecule has 0 heterocycles. The second-order valence-electron chi connectivity index (χ2n) is 8.74. The van der Waals surface area contributed by atoms with Crippen LogP contribution in [0, 0.1) is 6.92 Å². The average molecular weight is 521 g/mol. The molecule has 0 saturated carbocycles. The zero-order chi connectivity index (χ0) is 27.8. The Morgan fingerprint density at radius 3 is 1.92 bits per heavy atom. The molecule has 0 aliphatic rings. The zero-order valence-corrected chi connectivity index (χ0v) is 21.0. The van der Waals surface area contributed by atoms with Crippen LogP contribution in [0.2, 0.25) is 0 Å². The molecule has 0 aromatic heterocycles. The molecule has 0 bridgehead atoms. The van der Waals surface area contributed by atoms with Gasteiger partial charge in [-0.05, 0) is 57.6 Å². The number of amides is 4. The molecule has 0 saturated heterocycles. The number of aryl methyl sites for hydroxylation is 1. The Kier molecular flexibility index (Phi) is 14.0. The van der Waals surface area contributed by atoms with Gasteiger partial charge in [-0.2, -0.15) is 0 Å². The van der Waals surface area contributed by atoms with E-state index in [1.807, 2.05) is 19.1 Å². The maximum atomic E-state index is 12.2. The van der Waals surface area contributed by atoms with Gasteiger partial charge in [-0.15, -0.1) is 0 Å². The summed E-state index contributed by atoms with van der Waals surface area (Å²) in [5.41, 5.74) is 6.98. The molecular weight excluding hydrogens is 484 g/mol. The summed E-state index contributed by atoms with van der Waals surface area (Å²) in [5.74, 6) is -4.27. The Hall–Kier alpha value is -3.96. The molecule has 12 nitrogen and oxygen atoms in total. The number of unbranched alkanes of at least 4 members (excludes halogenated alkanes) is 1. The summed E-state index contributed by atoms with van der Waals surface area (Å²) in [7, 11) is 0. The Morgan fingerprint density at radius 2 is 1.35 bits per heavy atom. The molecule has 0 aliphatic heterocycles. The number of rotatable bonds is 18. The normalized spacial score (nSPS) is 12.1. The van der Waals surface area contributed by atoms with Crippen molar-refractivity contribution in [1.82, 2.24) is 16.0 Å². The maximum absolute atomic E-state index is 12.2. The van der Waals surface area contributed by atoms with E-state index >= 15 is 0 Å². The van der Waals surface area contributed by atoms with Crippen LogP contribution in [0.15, 0.2) is 24.3 Å². The second kappa shape index (κ2) is 16.7. The second-order valence-corrected chi connectivity index (χ2v) is 8.74. The van der Waals surface area contributed by atoms with Crippen molar-refractivity contribution in [2.75, 3.05) is 6.54 Å². The SMILES string of the molecule is Cc1ccc(C(=O)NCCCC[C@H](NC(=O)CCC[C@H](NC(=O)CCCC(=O)O)C(=O)O)C(N)=O)cc1. The average Bonchev–Trinajstić information content (AvgIpc) is 2.82. The number of carboxylic acid groups (broad SMARTS) is 2. The molecule has 4 amide bonds. The third-order valence-corrected chi connectivity index (χ3v) is 5.52. The monoisotopic (exact) mass is 520 g/mol. The fraction of sp³-hybridized carbons (Fsp3) is 0.520. The highest BCUT2D eigenvalue weighted by molar-refractivity contribution is 5.94. The topological polar surface area (TPSA) is 205 Å². The summed E-state index contributed by atoms with van der Waals surface area (Å²) < 4.78 is 0. The Labute approximate surface area is 215 Å². The fourth-order valence-corrected chi connectivity index (χ4v) is 3.43. The number of carbonyl (C=O) groups is 6. The van der Waals surface area contributed by atoms with Crippen LogP contribution >= 0.6 is 0 Å². The Bertz CT molecular complexity index is 949. The first-order chi connectivity index (χ1) is 17.5. The minimum absolute atomic E-state index is 0.0185. The molecule has 7 N–H and O–H groups in total. The van der Waals surface area contributed by atoms with Gasteiger partial charge in [0.25, 0.3) is 5.91 Å². The van der Waals surface area contributed by atoms with Crippen molar-refractivity contribution in [2.24, 2.45) is 5.73 Å². The predicted molar refractivity (Wildman–Crippen MR) is 133 cm³/mol. The van der Waals surface area contributed by atoms with Gasteiger partial charge in [0.2, 0.25) is 17.7 Å². The van der Waals surface area contributed by atoms with Crippen molar-refractivity contribution >= 4 is 35.6 Å². The van der Waals surface area contributed by atoms with Gasteiger partial charge in [0.1, 0.15) is 12.1 Å². The molecule has 1 rings (SSSR count). The molecule has 0 fully saturated rings. The van der Waals surface area contributed by atoms with Crippen LogP contribution < -0.4 is 21.7 Å². The van der Waals surface area contributed by atoms with Gasteiger partial charge in [-0.25, -0.2) is 4.79 Å². The van der Waals surface area contributed by atoms with Crippen molar-refractivity contribution in [3.63, 3.8) is 0 Å². The zero-order valence-electron chi connectivity index (χ0n) is 21.0. The van der Waals surface area contributed by atoms with E-state index in [4.69, 9.17) is 10.8 Å². The van der Waals surface area contributed by atoms with Crippen LogP contribution in [-0.2, 0) is 24.0 Å². The maximum Gasteiger partial charge on any atom is 0.326 e. The highest BCUT2D eigenvalue weighted by atomic mass is 16.4. The highest BCUT2D eigenvalue weighted by Crippen LogP contribution is 2.07. The quantitative estimate of drug-likeness (QED) is 0.153. The van der Waals surface area contributed by atoms with E-state index < -0.39 is 41.7 Å². The van der Waals surface area contributed by atoms with E-state index in [1.165, 1.54) is 0 Å². The lowest BCUT2D eigenvalue weighted by atomic mass is 10.1. The van der Waals surface area contributed by atoms with Crippen molar-refractivity contribution in [1.29, 1.82) is 0 Å². The largest absolute Gasteiger partial charge is 0.481 e. The molecular formula is C25H36N4O8. The molecule has 0 aliphatic carbocycles. The first-order valence-electron chi connectivity index (χ1n) is 12.2. The van der Waals surface area contributed by atoms with Crippen LogP contribution in [0.25, 0.3) is 0 Å². The number of benzene rings is 1. The first-order valence-corrected chi connectivity index (χ1v) is 12.2. The summed E-state index contributed by atoms with van der Waals surface area (Å²) in [6.07, 6.45) is 1.19. The highest BCUT2D eigenvalue weighted by Gasteiger charge is 2.21. The van der Waals surface area contributed by atoms with Crippen molar-refractivity contribution in [2.45, 2.75) is 76.8 Å².